The van der Waals surface area contributed by atoms with E-state index in [0.717, 1.165) is 31.4 Å². The predicted octanol–water partition coefficient (Wildman–Crippen LogP) is 0.0542. The first-order valence-electron chi connectivity index (χ1n) is 7.93. The minimum Gasteiger partial charge on any atom is -0.362 e. The van der Waals surface area contributed by atoms with E-state index >= 15 is 0 Å². The van der Waals surface area contributed by atoms with Gasteiger partial charge in [0.25, 0.3) is 0 Å². The molecule has 1 atom stereocenters. The van der Waals surface area contributed by atoms with Crippen molar-refractivity contribution in [2.75, 3.05) is 26.3 Å². The summed E-state index contributed by atoms with van der Waals surface area (Å²) in [4.78, 5) is 29.6. The maximum atomic E-state index is 12.1. The van der Waals surface area contributed by atoms with E-state index in [9.17, 15) is 9.59 Å². The van der Waals surface area contributed by atoms with E-state index in [-0.39, 0.29) is 31.1 Å². The van der Waals surface area contributed by atoms with Crippen molar-refractivity contribution in [1.29, 1.82) is 0 Å². The lowest BCUT2D eigenvalue weighted by Gasteiger charge is -2.34. The van der Waals surface area contributed by atoms with Crippen molar-refractivity contribution < 1.29 is 14.3 Å². The molecule has 0 spiro atoms. The molecule has 2 amide bonds. The van der Waals surface area contributed by atoms with Crippen molar-refractivity contribution >= 4 is 11.8 Å². The summed E-state index contributed by atoms with van der Waals surface area (Å²) in [6, 6.07) is 3.78. The standard InChI is InChI=1S/C16H24N4O3/c17-8-14-5-1-2-7-20(14)16(22)12-23-11-15(21)19-10-13-4-3-6-18-9-13/h3-4,6,9,14H,1-2,5,7-8,10-12,17H2,(H,19,21). The molecule has 0 saturated carbocycles. The van der Waals surface area contributed by atoms with E-state index in [1.807, 2.05) is 12.1 Å². The van der Waals surface area contributed by atoms with Crippen LogP contribution in [-0.4, -0.2) is 54.0 Å². The molecule has 2 heterocycles. The Labute approximate surface area is 136 Å². The zero-order valence-electron chi connectivity index (χ0n) is 13.2. The third-order valence-electron chi connectivity index (χ3n) is 3.89. The van der Waals surface area contributed by atoms with Gasteiger partial charge >= 0.3 is 0 Å². The number of nitrogens with one attached hydrogen (secondary N) is 1. The van der Waals surface area contributed by atoms with Crippen molar-refractivity contribution in [2.45, 2.75) is 31.8 Å². The maximum absolute atomic E-state index is 12.1. The van der Waals surface area contributed by atoms with Gasteiger partial charge in [-0.3, -0.25) is 14.6 Å². The van der Waals surface area contributed by atoms with Gasteiger partial charge in [-0.2, -0.15) is 0 Å². The molecular weight excluding hydrogens is 296 g/mol. The van der Waals surface area contributed by atoms with Crippen LogP contribution in [0.15, 0.2) is 24.5 Å². The zero-order chi connectivity index (χ0) is 16.5. The molecule has 1 fully saturated rings. The number of amides is 2. The lowest BCUT2D eigenvalue weighted by molar-refractivity contribution is -0.141. The molecule has 1 aromatic heterocycles. The minimum atomic E-state index is -0.254. The summed E-state index contributed by atoms with van der Waals surface area (Å²) in [6.07, 6.45) is 6.40. The lowest BCUT2D eigenvalue weighted by Crippen LogP contribution is -2.48. The fraction of sp³-hybridized carbons (Fsp3) is 0.562. The van der Waals surface area contributed by atoms with Gasteiger partial charge in [0.2, 0.25) is 11.8 Å². The largest absolute Gasteiger partial charge is 0.362 e. The Hall–Kier alpha value is -1.99. The number of piperidine rings is 1. The highest BCUT2D eigenvalue weighted by atomic mass is 16.5. The molecule has 1 aliphatic heterocycles. The highest BCUT2D eigenvalue weighted by molar-refractivity contribution is 5.80. The summed E-state index contributed by atoms with van der Waals surface area (Å²) in [5.41, 5.74) is 6.61. The van der Waals surface area contributed by atoms with E-state index in [0.29, 0.717) is 13.1 Å². The number of ether oxygens (including phenoxy) is 1. The fourth-order valence-electron chi connectivity index (χ4n) is 2.64. The van der Waals surface area contributed by atoms with Crippen LogP contribution in [-0.2, 0) is 20.9 Å². The van der Waals surface area contributed by atoms with Crippen LogP contribution in [0.3, 0.4) is 0 Å². The Morgan fingerprint density at radius 3 is 3.00 bits per heavy atom. The van der Waals surface area contributed by atoms with E-state index < -0.39 is 0 Å². The first kappa shape index (κ1) is 17.4. The molecule has 0 aromatic carbocycles. The topological polar surface area (TPSA) is 97.5 Å². The Balaban J connectivity index is 1.65. The molecule has 23 heavy (non-hydrogen) atoms. The van der Waals surface area contributed by atoms with Crippen LogP contribution in [0.2, 0.25) is 0 Å². The van der Waals surface area contributed by atoms with Gasteiger partial charge in [-0.25, -0.2) is 0 Å². The predicted molar refractivity (Wildman–Crippen MR) is 85.3 cm³/mol. The third-order valence-corrected chi connectivity index (χ3v) is 3.89. The van der Waals surface area contributed by atoms with Crippen molar-refractivity contribution in [1.82, 2.24) is 15.2 Å². The summed E-state index contributed by atoms with van der Waals surface area (Å²) in [6.45, 7) is 1.36. The first-order valence-corrected chi connectivity index (χ1v) is 7.93. The highest BCUT2D eigenvalue weighted by Crippen LogP contribution is 2.16. The van der Waals surface area contributed by atoms with E-state index in [1.54, 1.807) is 17.3 Å². The monoisotopic (exact) mass is 320 g/mol. The number of likely N-dealkylation sites (tertiary alicyclic amines) is 1. The van der Waals surface area contributed by atoms with Crippen molar-refractivity contribution in [2.24, 2.45) is 5.73 Å². The van der Waals surface area contributed by atoms with E-state index in [1.165, 1.54) is 0 Å². The summed E-state index contributed by atoms with van der Waals surface area (Å²) < 4.78 is 5.23. The SMILES string of the molecule is NCC1CCCCN1C(=O)COCC(=O)NCc1cccnc1. The number of aromatic nitrogens is 1. The minimum absolute atomic E-state index is 0.0865. The molecule has 1 saturated heterocycles. The Kier molecular flexibility index (Phi) is 6.96. The van der Waals surface area contributed by atoms with Crippen molar-refractivity contribution in [3.05, 3.63) is 30.1 Å². The summed E-state index contributed by atoms with van der Waals surface area (Å²) >= 11 is 0. The number of nitrogens with zero attached hydrogens (tertiary/aromatic N) is 2. The normalized spacial score (nSPS) is 17.8. The number of carbonyl (C=O) groups is 2. The molecule has 0 radical (unpaired) electrons. The summed E-state index contributed by atoms with van der Waals surface area (Å²) in [5.74, 6) is -0.351. The maximum Gasteiger partial charge on any atom is 0.248 e. The van der Waals surface area contributed by atoms with Crippen LogP contribution >= 0.6 is 0 Å². The van der Waals surface area contributed by atoms with Crippen LogP contribution < -0.4 is 11.1 Å². The summed E-state index contributed by atoms with van der Waals surface area (Å²) in [7, 11) is 0. The van der Waals surface area contributed by atoms with Gasteiger partial charge in [-0.15, -0.1) is 0 Å². The fourth-order valence-corrected chi connectivity index (χ4v) is 2.64. The molecule has 1 aromatic rings. The molecule has 0 aliphatic carbocycles. The first-order chi connectivity index (χ1) is 11.2. The highest BCUT2D eigenvalue weighted by Gasteiger charge is 2.25. The number of carbonyl (C=O) groups excluding carboxylic acids is 2. The molecule has 7 nitrogen and oxygen atoms in total. The molecule has 126 valence electrons. The molecule has 1 unspecified atom stereocenters. The van der Waals surface area contributed by atoms with E-state index in [2.05, 4.69) is 10.3 Å². The van der Waals surface area contributed by atoms with Gasteiger partial charge < -0.3 is 20.7 Å². The Morgan fingerprint density at radius 2 is 2.26 bits per heavy atom. The average molecular weight is 320 g/mol. The molecule has 2 rings (SSSR count). The van der Waals surface area contributed by atoms with Gasteiger partial charge in [0.15, 0.2) is 0 Å². The van der Waals surface area contributed by atoms with E-state index in [4.69, 9.17) is 10.5 Å². The summed E-state index contributed by atoms with van der Waals surface area (Å²) in [5, 5.41) is 2.72. The van der Waals surface area contributed by atoms with Crippen molar-refractivity contribution in [3.8, 4) is 0 Å². The van der Waals surface area contributed by atoms with Gasteiger partial charge in [0, 0.05) is 38.1 Å². The second kappa shape index (κ2) is 9.22. The smallest absolute Gasteiger partial charge is 0.248 e. The molecule has 1 aliphatic rings. The number of hydrogen-bond acceptors (Lipinski definition) is 5. The second-order valence-electron chi connectivity index (χ2n) is 5.60. The number of pyridine rings is 1. The molecule has 7 heteroatoms. The number of hydrogen-bond donors (Lipinski definition) is 2. The second-order valence-corrected chi connectivity index (χ2v) is 5.60. The van der Waals surface area contributed by atoms with Crippen LogP contribution in [0.4, 0.5) is 0 Å². The van der Waals surface area contributed by atoms with Crippen LogP contribution in [0.1, 0.15) is 24.8 Å². The van der Waals surface area contributed by atoms with Gasteiger partial charge in [-0.1, -0.05) is 6.07 Å². The number of rotatable bonds is 7. The van der Waals surface area contributed by atoms with Gasteiger partial charge in [-0.05, 0) is 30.9 Å². The van der Waals surface area contributed by atoms with Crippen molar-refractivity contribution in [3.63, 3.8) is 0 Å². The Morgan fingerprint density at radius 1 is 1.39 bits per heavy atom. The van der Waals surface area contributed by atoms with Crippen LogP contribution in [0.25, 0.3) is 0 Å². The zero-order valence-corrected chi connectivity index (χ0v) is 13.2. The molecular formula is C16H24N4O3. The Bertz CT molecular complexity index is 509. The van der Waals surface area contributed by atoms with Gasteiger partial charge in [0.05, 0.1) is 0 Å². The van der Waals surface area contributed by atoms with Crippen LogP contribution in [0, 0.1) is 0 Å². The van der Waals surface area contributed by atoms with Crippen LogP contribution in [0.5, 0.6) is 0 Å². The average Bonchev–Trinajstić information content (AvgIpc) is 2.60. The molecule has 0 bridgehead atoms. The quantitative estimate of drug-likeness (QED) is 0.740. The lowest BCUT2D eigenvalue weighted by atomic mass is 10.0. The molecule has 3 N–H and O–H groups in total. The number of nitrogens with two attached hydrogens (primary N) is 1. The van der Waals surface area contributed by atoms with Gasteiger partial charge in [0.1, 0.15) is 13.2 Å². The third kappa shape index (κ3) is 5.61.